The van der Waals surface area contributed by atoms with Gasteiger partial charge in [0.05, 0.1) is 6.07 Å². The fraction of sp³-hybridized carbons (Fsp3) is 0.467. The third-order valence-electron chi connectivity index (χ3n) is 3.14. The molecule has 3 heteroatoms. The second-order valence-corrected chi connectivity index (χ2v) is 4.49. The first-order chi connectivity index (χ1) is 8.67. The molecule has 0 aliphatic rings. The molecule has 0 aliphatic heterocycles. The van der Waals surface area contributed by atoms with Crippen LogP contribution in [0.4, 0.5) is 0 Å². The molecule has 1 unspecified atom stereocenters. The third kappa shape index (κ3) is 4.58. The van der Waals surface area contributed by atoms with Crippen LogP contribution in [0.15, 0.2) is 24.3 Å². The Balaban J connectivity index is 2.40. The van der Waals surface area contributed by atoms with Gasteiger partial charge in [0.2, 0.25) is 5.91 Å². The SMILES string of the molecule is CCC(C)c1ccc(CCNC(=O)CC#N)cc1. The predicted molar refractivity (Wildman–Crippen MR) is 72.1 cm³/mol. The Morgan fingerprint density at radius 2 is 2.06 bits per heavy atom. The van der Waals surface area contributed by atoms with Crippen LogP contribution in [0.2, 0.25) is 0 Å². The van der Waals surface area contributed by atoms with Crippen LogP contribution in [0.1, 0.15) is 43.7 Å². The van der Waals surface area contributed by atoms with Crippen LogP contribution in [0, 0.1) is 11.3 Å². The molecule has 0 saturated heterocycles. The van der Waals surface area contributed by atoms with Crippen LogP contribution in [-0.4, -0.2) is 12.5 Å². The van der Waals surface area contributed by atoms with Crippen molar-refractivity contribution in [3.8, 4) is 6.07 Å². The molecule has 0 aromatic heterocycles. The maximum Gasteiger partial charge on any atom is 0.234 e. The highest BCUT2D eigenvalue weighted by molar-refractivity contribution is 5.77. The summed E-state index contributed by atoms with van der Waals surface area (Å²) in [6.07, 6.45) is 1.88. The number of carbonyl (C=O) groups excluding carboxylic acids is 1. The standard InChI is InChI=1S/C15H20N2O/c1-3-12(2)14-6-4-13(5-7-14)9-11-17-15(18)8-10-16/h4-7,12H,3,8-9,11H2,1-2H3,(H,17,18). The first-order valence-electron chi connectivity index (χ1n) is 6.39. The number of nitrogens with one attached hydrogen (secondary N) is 1. The number of rotatable bonds is 6. The van der Waals surface area contributed by atoms with Crippen molar-refractivity contribution in [3.05, 3.63) is 35.4 Å². The number of hydrogen-bond acceptors (Lipinski definition) is 2. The zero-order valence-electron chi connectivity index (χ0n) is 11.1. The lowest BCUT2D eigenvalue weighted by Crippen LogP contribution is -2.24. The number of amides is 1. The molecular weight excluding hydrogens is 224 g/mol. The number of nitriles is 1. The van der Waals surface area contributed by atoms with Gasteiger partial charge < -0.3 is 5.32 Å². The van der Waals surface area contributed by atoms with Gasteiger partial charge in [0.15, 0.2) is 0 Å². The minimum absolute atomic E-state index is 0.0625. The molecule has 1 N–H and O–H groups in total. The van der Waals surface area contributed by atoms with E-state index in [0.717, 1.165) is 12.8 Å². The fourth-order valence-corrected chi connectivity index (χ4v) is 1.73. The normalized spacial score (nSPS) is 11.6. The van der Waals surface area contributed by atoms with Crippen molar-refractivity contribution in [1.82, 2.24) is 5.32 Å². The minimum atomic E-state index is -0.200. The van der Waals surface area contributed by atoms with Crippen molar-refractivity contribution in [2.45, 2.75) is 39.0 Å². The molecule has 18 heavy (non-hydrogen) atoms. The quantitative estimate of drug-likeness (QED) is 0.836. The van der Waals surface area contributed by atoms with Crippen molar-refractivity contribution in [1.29, 1.82) is 5.26 Å². The Bertz CT molecular complexity index is 417. The molecule has 1 aromatic rings. The van der Waals surface area contributed by atoms with Gasteiger partial charge >= 0.3 is 0 Å². The highest BCUT2D eigenvalue weighted by Crippen LogP contribution is 2.18. The second kappa shape index (κ2) is 7.50. The maximum atomic E-state index is 11.1. The zero-order valence-corrected chi connectivity index (χ0v) is 11.1. The number of nitrogens with zero attached hydrogens (tertiary/aromatic N) is 1. The van der Waals surface area contributed by atoms with Crippen molar-refractivity contribution < 1.29 is 4.79 Å². The van der Waals surface area contributed by atoms with Crippen LogP contribution in [0.5, 0.6) is 0 Å². The van der Waals surface area contributed by atoms with Crippen LogP contribution in [0.25, 0.3) is 0 Å². The Hall–Kier alpha value is -1.82. The first-order valence-corrected chi connectivity index (χ1v) is 6.39. The highest BCUT2D eigenvalue weighted by Gasteiger charge is 2.03. The van der Waals surface area contributed by atoms with Gasteiger partial charge in [0, 0.05) is 6.54 Å². The molecule has 0 radical (unpaired) electrons. The van der Waals surface area contributed by atoms with Gasteiger partial charge in [-0.2, -0.15) is 5.26 Å². The van der Waals surface area contributed by atoms with Gasteiger partial charge in [0.1, 0.15) is 6.42 Å². The van der Waals surface area contributed by atoms with E-state index in [1.165, 1.54) is 11.1 Å². The van der Waals surface area contributed by atoms with E-state index in [2.05, 4.69) is 43.4 Å². The van der Waals surface area contributed by atoms with E-state index in [1.807, 2.05) is 6.07 Å². The van der Waals surface area contributed by atoms with Crippen molar-refractivity contribution in [2.75, 3.05) is 6.54 Å². The molecule has 1 rings (SSSR count). The molecule has 0 aliphatic carbocycles. The monoisotopic (exact) mass is 244 g/mol. The summed E-state index contributed by atoms with van der Waals surface area (Å²) < 4.78 is 0. The van der Waals surface area contributed by atoms with E-state index in [9.17, 15) is 4.79 Å². The summed E-state index contributed by atoms with van der Waals surface area (Å²) in [7, 11) is 0. The number of benzene rings is 1. The van der Waals surface area contributed by atoms with Crippen LogP contribution >= 0.6 is 0 Å². The lowest BCUT2D eigenvalue weighted by molar-refractivity contribution is -0.120. The van der Waals surface area contributed by atoms with Gasteiger partial charge in [-0.1, -0.05) is 38.1 Å². The molecule has 0 heterocycles. The van der Waals surface area contributed by atoms with Crippen LogP contribution in [0.3, 0.4) is 0 Å². The van der Waals surface area contributed by atoms with Crippen molar-refractivity contribution in [2.24, 2.45) is 0 Å². The molecule has 96 valence electrons. The summed E-state index contributed by atoms with van der Waals surface area (Å²) in [5.74, 6) is 0.392. The van der Waals surface area contributed by atoms with E-state index in [0.29, 0.717) is 12.5 Å². The van der Waals surface area contributed by atoms with Crippen molar-refractivity contribution in [3.63, 3.8) is 0 Å². The summed E-state index contributed by atoms with van der Waals surface area (Å²) in [5.41, 5.74) is 2.56. The number of carbonyl (C=O) groups is 1. The molecule has 3 nitrogen and oxygen atoms in total. The van der Waals surface area contributed by atoms with Gasteiger partial charge in [-0.05, 0) is 29.9 Å². The molecule has 1 aromatic carbocycles. The predicted octanol–water partition coefficient (Wildman–Crippen LogP) is 2.77. The maximum absolute atomic E-state index is 11.1. The summed E-state index contributed by atoms with van der Waals surface area (Å²) in [6.45, 7) is 4.99. The molecule has 1 amide bonds. The Morgan fingerprint density at radius 1 is 1.39 bits per heavy atom. The second-order valence-electron chi connectivity index (χ2n) is 4.49. The molecule has 0 fully saturated rings. The van der Waals surface area contributed by atoms with Gasteiger partial charge in [-0.25, -0.2) is 0 Å². The Labute approximate surface area is 109 Å². The fourth-order valence-electron chi connectivity index (χ4n) is 1.73. The van der Waals surface area contributed by atoms with Crippen LogP contribution < -0.4 is 5.32 Å². The van der Waals surface area contributed by atoms with E-state index in [1.54, 1.807) is 0 Å². The van der Waals surface area contributed by atoms with Gasteiger partial charge in [-0.3, -0.25) is 4.79 Å². The molecule has 1 atom stereocenters. The lowest BCUT2D eigenvalue weighted by Gasteiger charge is -2.10. The van der Waals surface area contributed by atoms with Gasteiger partial charge in [0.25, 0.3) is 0 Å². The third-order valence-corrected chi connectivity index (χ3v) is 3.14. The average molecular weight is 244 g/mol. The lowest BCUT2D eigenvalue weighted by atomic mass is 9.97. The largest absolute Gasteiger partial charge is 0.355 e. The minimum Gasteiger partial charge on any atom is -0.355 e. The van der Waals surface area contributed by atoms with Crippen LogP contribution in [-0.2, 0) is 11.2 Å². The molecule has 0 bridgehead atoms. The Morgan fingerprint density at radius 3 is 2.61 bits per heavy atom. The average Bonchev–Trinajstić information content (AvgIpc) is 2.39. The topological polar surface area (TPSA) is 52.9 Å². The summed E-state index contributed by atoms with van der Waals surface area (Å²) in [6, 6.07) is 10.4. The highest BCUT2D eigenvalue weighted by atomic mass is 16.1. The van der Waals surface area contributed by atoms with Gasteiger partial charge in [-0.15, -0.1) is 0 Å². The Kier molecular flexibility index (Phi) is 5.93. The summed E-state index contributed by atoms with van der Waals surface area (Å²) in [4.78, 5) is 11.1. The summed E-state index contributed by atoms with van der Waals surface area (Å²) in [5, 5.41) is 11.1. The first kappa shape index (κ1) is 14.2. The number of hydrogen-bond donors (Lipinski definition) is 1. The summed E-state index contributed by atoms with van der Waals surface area (Å²) >= 11 is 0. The van der Waals surface area contributed by atoms with E-state index >= 15 is 0 Å². The van der Waals surface area contributed by atoms with E-state index < -0.39 is 0 Å². The van der Waals surface area contributed by atoms with E-state index in [-0.39, 0.29) is 12.3 Å². The zero-order chi connectivity index (χ0) is 13.4. The molecule has 0 spiro atoms. The van der Waals surface area contributed by atoms with Crippen molar-refractivity contribution >= 4 is 5.91 Å². The van der Waals surface area contributed by atoms with E-state index in [4.69, 9.17) is 5.26 Å². The smallest absolute Gasteiger partial charge is 0.234 e. The molecular formula is C15H20N2O. The molecule has 0 saturated carbocycles.